The molecule has 1 heterocycles. The van der Waals surface area contributed by atoms with Gasteiger partial charge in [0, 0.05) is 10.9 Å². The number of carbonyl (C=O) groups is 1. The zero-order chi connectivity index (χ0) is 16.2. The van der Waals surface area contributed by atoms with E-state index in [1.165, 1.54) is 11.1 Å². The molecule has 23 heavy (non-hydrogen) atoms. The number of rotatable bonds is 4. The maximum absolute atomic E-state index is 12.0. The lowest BCUT2D eigenvalue weighted by atomic mass is 10.1. The van der Waals surface area contributed by atoms with E-state index >= 15 is 0 Å². The number of amides is 1. The van der Waals surface area contributed by atoms with Crippen LogP contribution in [0.3, 0.4) is 0 Å². The highest BCUT2D eigenvalue weighted by Gasteiger charge is 2.19. The van der Waals surface area contributed by atoms with E-state index in [0.29, 0.717) is 5.70 Å². The van der Waals surface area contributed by atoms with Gasteiger partial charge in [-0.2, -0.15) is 0 Å². The Balaban J connectivity index is 1.70. The average molecular weight is 369 g/mol. The molecule has 2 aromatic rings. The van der Waals surface area contributed by atoms with E-state index in [1.807, 2.05) is 24.3 Å². The Kier molecular flexibility index (Phi) is 4.72. The van der Waals surface area contributed by atoms with E-state index < -0.39 is 0 Å². The number of carbonyl (C=O) groups excluding carboxylic acids is 1. The standard InChI is InChI=1S/C19H17BrN2O/c1-13-3-2-4-14(11-13)7-10-18-21-17(19(23)22-18)12-15-5-8-16(20)9-6-15/h2-6,8-9,11-12H,7,10H2,1H3,(H,21,22,23)/b17-12+. The van der Waals surface area contributed by atoms with Crippen molar-refractivity contribution in [3.05, 3.63) is 75.4 Å². The molecule has 0 saturated heterocycles. The molecule has 0 saturated carbocycles. The van der Waals surface area contributed by atoms with E-state index in [4.69, 9.17) is 0 Å². The maximum atomic E-state index is 12.0. The van der Waals surface area contributed by atoms with Crippen LogP contribution in [-0.2, 0) is 11.2 Å². The minimum absolute atomic E-state index is 0.132. The predicted molar refractivity (Wildman–Crippen MR) is 97.2 cm³/mol. The van der Waals surface area contributed by atoms with Gasteiger partial charge in [0.2, 0.25) is 0 Å². The third-order valence-corrected chi connectivity index (χ3v) is 4.18. The minimum atomic E-state index is -0.132. The van der Waals surface area contributed by atoms with Crippen LogP contribution in [0, 0.1) is 6.92 Å². The summed E-state index contributed by atoms with van der Waals surface area (Å²) in [7, 11) is 0. The SMILES string of the molecule is Cc1cccc(CCC2=N/C(=C/c3ccc(Br)cc3)C(=O)N2)c1. The van der Waals surface area contributed by atoms with Gasteiger partial charge in [0.1, 0.15) is 11.5 Å². The van der Waals surface area contributed by atoms with Crippen molar-refractivity contribution in [2.75, 3.05) is 0 Å². The number of amidine groups is 1. The number of hydrogen-bond donors (Lipinski definition) is 1. The third kappa shape index (κ3) is 4.17. The Bertz CT molecular complexity index is 791. The molecule has 1 aliphatic rings. The first-order valence-electron chi connectivity index (χ1n) is 7.52. The average Bonchev–Trinajstić information content (AvgIpc) is 2.88. The smallest absolute Gasteiger partial charge is 0.275 e. The van der Waals surface area contributed by atoms with E-state index in [1.54, 1.807) is 6.08 Å². The third-order valence-electron chi connectivity index (χ3n) is 3.65. The van der Waals surface area contributed by atoms with Crippen LogP contribution in [0.1, 0.15) is 23.1 Å². The quantitative estimate of drug-likeness (QED) is 0.804. The normalized spacial score (nSPS) is 15.7. The first-order chi connectivity index (χ1) is 11.1. The van der Waals surface area contributed by atoms with Crippen LogP contribution in [0.2, 0.25) is 0 Å². The first kappa shape index (κ1) is 15.7. The number of halogens is 1. The number of aryl methyl sites for hydroxylation is 2. The van der Waals surface area contributed by atoms with Gasteiger partial charge >= 0.3 is 0 Å². The van der Waals surface area contributed by atoms with Gasteiger partial charge in [0.05, 0.1) is 0 Å². The highest BCUT2D eigenvalue weighted by Crippen LogP contribution is 2.17. The summed E-state index contributed by atoms with van der Waals surface area (Å²) in [6, 6.07) is 16.2. The van der Waals surface area contributed by atoms with Crippen molar-refractivity contribution in [1.29, 1.82) is 0 Å². The monoisotopic (exact) mass is 368 g/mol. The molecule has 4 heteroatoms. The molecule has 0 radical (unpaired) electrons. The summed E-state index contributed by atoms with van der Waals surface area (Å²) in [5.41, 5.74) is 3.93. The molecule has 0 spiro atoms. The zero-order valence-corrected chi connectivity index (χ0v) is 14.4. The molecule has 1 N–H and O–H groups in total. The lowest BCUT2D eigenvalue weighted by Gasteiger charge is -2.02. The fourth-order valence-electron chi connectivity index (χ4n) is 2.48. The van der Waals surface area contributed by atoms with E-state index in [2.05, 4.69) is 57.4 Å². The van der Waals surface area contributed by atoms with Gasteiger partial charge in [-0.05, 0) is 42.7 Å². The molecule has 0 aromatic heterocycles. The molecule has 116 valence electrons. The Morgan fingerprint density at radius 1 is 1.13 bits per heavy atom. The van der Waals surface area contributed by atoms with E-state index in [-0.39, 0.29) is 5.91 Å². The molecule has 3 nitrogen and oxygen atoms in total. The van der Waals surface area contributed by atoms with E-state index in [9.17, 15) is 4.79 Å². The first-order valence-corrected chi connectivity index (χ1v) is 8.31. The topological polar surface area (TPSA) is 41.5 Å². The van der Waals surface area contributed by atoms with Crippen molar-refractivity contribution >= 4 is 33.7 Å². The summed E-state index contributed by atoms with van der Waals surface area (Å²) in [4.78, 5) is 16.4. The summed E-state index contributed by atoms with van der Waals surface area (Å²) in [6.07, 6.45) is 3.40. The van der Waals surface area contributed by atoms with Crippen LogP contribution in [0.15, 0.2) is 63.7 Å². The molecule has 0 aliphatic carbocycles. The van der Waals surface area contributed by atoms with Crippen LogP contribution >= 0.6 is 15.9 Å². The largest absolute Gasteiger partial charge is 0.309 e. The molecular formula is C19H17BrN2O. The molecule has 3 rings (SSSR count). The second-order valence-corrected chi connectivity index (χ2v) is 6.50. The van der Waals surface area contributed by atoms with Crippen molar-refractivity contribution in [3.63, 3.8) is 0 Å². The maximum Gasteiger partial charge on any atom is 0.275 e. The molecule has 1 aliphatic heterocycles. The van der Waals surface area contributed by atoms with Crippen LogP contribution in [0.4, 0.5) is 0 Å². The van der Waals surface area contributed by atoms with E-state index in [0.717, 1.165) is 28.7 Å². The number of aliphatic imine (C=N–C) groups is 1. The zero-order valence-electron chi connectivity index (χ0n) is 12.8. The van der Waals surface area contributed by atoms with Crippen molar-refractivity contribution in [1.82, 2.24) is 5.32 Å². The number of nitrogens with one attached hydrogen (secondary N) is 1. The Morgan fingerprint density at radius 2 is 1.91 bits per heavy atom. The summed E-state index contributed by atoms with van der Waals surface area (Å²) >= 11 is 3.40. The summed E-state index contributed by atoms with van der Waals surface area (Å²) in [6.45, 7) is 2.08. The van der Waals surface area contributed by atoms with Gasteiger partial charge < -0.3 is 5.32 Å². The van der Waals surface area contributed by atoms with Gasteiger partial charge in [0.15, 0.2) is 0 Å². The summed E-state index contributed by atoms with van der Waals surface area (Å²) < 4.78 is 1.01. The molecule has 0 fully saturated rings. The molecule has 0 bridgehead atoms. The summed E-state index contributed by atoms with van der Waals surface area (Å²) in [5, 5.41) is 2.85. The van der Waals surface area contributed by atoms with Gasteiger partial charge in [0.25, 0.3) is 5.91 Å². The second kappa shape index (κ2) is 6.92. The minimum Gasteiger partial charge on any atom is -0.309 e. The molecule has 2 aromatic carbocycles. The molecular weight excluding hydrogens is 352 g/mol. The van der Waals surface area contributed by atoms with Crippen molar-refractivity contribution in [3.8, 4) is 0 Å². The van der Waals surface area contributed by atoms with Crippen molar-refractivity contribution in [2.24, 2.45) is 4.99 Å². The van der Waals surface area contributed by atoms with Gasteiger partial charge in [-0.15, -0.1) is 0 Å². The van der Waals surface area contributed by atoms with Crippen molar-refractivity contribution in [2.45, 2.75) is 19.8 Å². The van der Waals surface area contributed by atoms with Crippen molar-refractivity contribution < 1.29 is 4.79 Å². The van der Waals surface area contributed by atoms with Crippen LogP contribution in [-0.4, -0.2) is 11.7 Å². The van der Waals surface area contributed by atoms with Gasteiger partial charge in [-0.1, -0.05) is 57.9 Å². The number of benzene rings is 2. The Morgan fingerprint density at radius 3 is 2.65 bits per heavy atom. The molecule has 0 atom stereocenters. The predicted octanol–water partition coefficient (Wildman–Crippen LogP) is 4.26. The lowest BCUT2D eigenvalue weighted by Crippen LogP contribution is -2.24. The van der Waals surface area contributed by atoms with Crippen LogP contribution in [0.5, 0.6) is 0 Å². The van der Waals surface area contributed by atoms with Crippen LogP contribution in [0.25, 0.3) is 6.08 Å². The summed E-state index contributed by atoms with van der Waals surface area (Å²) in [5.74, 6) is 0.604. The number of hydrogen-bond acceptors (Lipinski definition) is 2. The molecule has 1 amide bonds. The fraction of sp³-hybridized carbons (Fsp3) is 0.158. The molecule has 0 unspecified atom stereocenters. The fourth-order valence-corrected chi connectivity index (χ4v) is 2.75. The van der Waals surface area contributed by atoms with Crippen LogP contribution < -0.4 is 5.32 Å². The highest BCUT2D eigenvalue weighted by molar-refractivity contribution is 9.10. The lowest BCUT2D eigenvalue weighted by molar-refractivity contribution is -0.115. The Hall–Kier alpha value is -2.20. The highest BCUT2D eigenvalue weighted by atomic mass is 79.9. The van der Waals surface area contributed by atoms with Gasteiger partial charge in [-0.25, -0.2) is 4.99 Å². The second-order valence-electron chi connectivity index (χ2n) is 5.58. The Labute approximate surface area is 144 Å². The van der Waals surface area contributed by atoms with Gasteiger partial charge in [-0.3, -0.25) is 4.79 Å². The number of nitrogens with zero attached hydrogens (tertiary/aromatic N) is 1.